The third-order valence-electron chi connectivity index (χ3n) is 4.48. The second kappa shape index (κ2) is 5.06. The lowest BCUT2D eigenvalue weighted by molar-refractivity contribution is 0.0972. The lowest BCUT2D eigenvalue weighted by Gasteiger charge is -2.39. The minimum atomic E-state index is 0.0381. The molecule has 0 spiro atoms. The summed E-state index contributed by atoms with van der Waals surface area (Å²) in [7, 11) is 0. The largest absolute Gasteiger partial charge is 0.469 e. The Morgan fingerprint density at radius 3 is 2.67 bits per heavy atom. The summed E-state index contributed by atoms with van der Waals surface area (Å²) in [6.45, 7) is 8.27. The van der Waals surface area contributed by atoms with E-state index in [1.807, 2.05) is 11.8 Å². The van der Waals surface area contributed by atoms with Crippen LogP contribution in [0.15, 0.2) is 34.9 Å². The van der Waals surface area contributed by atoms with Crippen molar-refractivity contribution < 1.29 is 9.21 Å². The molecule has 0 aliphatic carbocycles. The zero-order chi connectivity index (χ0) is 15.1. The van der Waals surface area contributed by atoms with Gasteiger partial charge in [0.05, 0.1) is 17.5 Å². The Morgan fingerprint density at radius 1 is 1.24 bits per heavy atom. The van der Waals surface area contributed by atoms with Crippen LogP contribution in [-0.2, 0) is 0 Å². The van der Waals surface area contributed by atoms with Gasteiger partial charge in [-0.05, 0) is 50.3 Å². The third-order valence-corrected chi connectivity index (χ3v) is 4.48. The highest BCUT2D eigenvalue weighted by Crippen LogP contribution is 2.41. The first-order valence-electron chi connectivity index (χ1n) is 7.48. The molecule has 0 bridgehead atoms. The van der Waals surface area contributed by atoms with Crippen LogP contribution in [0.25, 0.3) is 0 Å². The molecule has 2 unspecified atom stereocenters. The third kappa shape index (κ3) is 2.17. The number of rotatable bonds is 1. The highest BCUT2D eigenvalue weighted by Gasteiger charge is 2.34. The van der Waals surface area contributed by atoms with E-state index in [1.165, 1.54) is 5.56 Å². The monoisotopic (exact) mass is 283 g/mol. The molecule has 1 aromatic heterocycles. The van der Waals surface area contributed by atoms with Gasteiger partial charge in [0.15, 0.2) is 0 Å². The van der Waals surface area contributed by atoms with E-state index in [9.17, 15) is 4.79 Å². The van der Waals surface area contributed by atoms with Gasteiger partial charge in [-0.2, -0.15) is 0 Å². The molecule has 1 aliphatic rings. The van der Waals surface area contributed by atoms with Gasteiger partial charge in [-0.1, -0.05) is 25.1 Å². The predicted octanol–water partition coefficient (Wildman–Crippen LogP) is 4.44. The minimum absolute atomic E-state index is 0.0381. The number of nitrogens with zero attached hydrogens (tertiary/aromatic N) is 1. The van der Waals surface area contributed by atoms with E-state index in [0.717, 1.165) is 17.7 Å². The number of para-hydroxylation sites is 1. The van der Waals surface area contributed by atoms with E-state index < -0.39 is 0 Å². The number of fused-ring (bicyclic) bond motifs is 1. The van der Waals surface area contributed by atoms with Crippen molar-refractivity contribution in [3.8, 4) is 0 Å². The lowest BCUT2D eigenvalue weighted by Crippen LogP contribution is -2.43. The van der Waals surface area contributed by atoms with Crippen LogP contribution in [0.3, 0.4) is 0 Å². The van der Waals surface area contributed by atoms with E-state index in [1.54, 1.807) is 12.3 Å². The number of anilines is 1. The summed E-state index contributed by atoms with van der Waals surface area (Å²) in [6, 6.07) is 8.25. The van der Waals surface area contributed by atoms with E-state index in [2.05, 4.69) is 39.0 Å². The lowest BCUT2D eigenvalue weighted by atomic mass is 9.85. The summed E-state index contributed by atoms with van der Waals surface area (Å²) in [5.74, 6) is 1.20. The first-order valence-corrected chi connectivity index (χ1v) is 7.48. The van der Waals surface area contributed by atoms with Crippen molar-refractivity contribution in [3.63, 3.8) is 0 Å². The maximum atomic E-state index is 13.0. The molecule has 0 saturated carbocycles. The number of aryl methyl sites for hydroxylation is 2. The number of carbonyl (C=O) groups excluding carboxylic acids is 1. The molecule has 2 heterocycles. The smallest absolute Gasteiger partial charge is 0.262 e. The molecule has 2 aromatic rings. The Kier molecular flexibility index (Phi) is 3.36. The molecule has 1 amide bonds. The van der Waals surface area contributed by atoms with Crippen LogP contribution in [0.1, 0.15) is 53.4 Å². The van der Waals surface area contributed by atoms with Crippen LogP contribution in [0.4, 0.5) is 5.69 Å². The van der Waals surface area contributed by atoms with Crippen molar-refractivity contribution in [2.24, 2.45) is 0 Å². The van der Waals surface area contributed by atoms with Crippen LogP contribution in [0.5, 0.6) is 0 Å². The Balaban J connectivity index is 2.13. The Labute approximate surface area is 125 Å². The van der Waals surface area contributed by atoms with Crippen molar-refractivity contribution >= 4 is 11.6 Å². The summed E-state index contributed by atoms with van der Waals surface area (Å²) < 4.78 is 5.30. The van der Waals surface area contributed by atoms with E-state index in [4.69, 9.17) is 4.42 Å². The molecule has 3 heteroatoms. The van der Waals surface area contributed by atoms with Gasteiger partial charge in [-0.3, -0.25) is 4.79 Å². The summed E-state index contributed by atoms with van der Waals surface area (Å²) in [6.07, 6.45) is 2.57. The van der Waals surface area contributed by atoms with Gasteiger partial charge in [0, 0.05) is 6.04 Å². The van der Waals surface area contributed by atoms with Crippen LogP contribution >= 0.6 is 0 Å². The van der Waals surface area contributed by atoms with Crippen molar-refractivity contribution in [3.05, 3.63) is 53.0 Å². The minimum Gasteiger partial charge on any atom is -0.469 e. The Morgan fingerprint density at radius 2 is 2.00 bits per heavy atom. The van der Waals surface area contributed by atoms with Crippen molar-refractivity contribution in [1.29, 1.82) is 0 Å². The molecule has 3 nitrogen and oxygen atoms in total. The second-order valence-electron chi connectivity index (χ2n) is 6.06. The maximum Gasteiger partial charge on any atom is 0.262 e. The van der Waals surface area contributed by atoms with Gasteiger partial charge in [0.25, 0.3) is 5.91 Å². The molecule has 2 atom stereocenters. The maximum absolute atomic E-state index is 13.0. The first kappa shape index (κ1) is 13.9. The molecule has 0 saturated heterocycles. The van der Waals surface area contributed by atoms with Gasteiger partial charge >= 0.3 is 0 Å². The van der Waals surface area contributed by atoms with Crippen LogP contribution in [0.2, 0.25) is 0 Å². The topological polar surface area (TPSA) is 33.5 Å². The molecule has 110 valence electrons. The average molecular weight is 283 g/mol. The van der Waals surface area contributed by atoms with E-state index >= 15 is 0 Å². The number of amides is 1. The highest BCUT2D eigenvalue weighted by atomic mass is 16.3. The molecule has 0 radical (unpaired) electrons. The molecule has 1 aromatic carbocycles. The van der Waals surface area contributed by atoms with Gasteiger partial charge < -0.3 is 9.32 Å². The zero-order valence-electron chi connectivity index (χ0n) is 13.0. The fourth-order valence-electron chi connectivity index (χ4n) is 3.41. The predicted molar refractivity (Wildman–Crippen MR) is 83.9 cm³/mol. The fourth-order valence-corrected chi connectivity index (χ4v) is 3.41. The van der Waals surface area contributed by atoms with Crippen LogP contribution in [-0.4, -0.2) is 11.9 Å². The SMILES string of the molecule is Cc1cccc2c1N(C(=O)c1ccoc1C)C(C)CC2C. The molecule has 1 aliphatic heterocycles. The molecule has 21 heavy (non-hydrogen) atoms. The van der Waals surface area contributed by atoms with Crippen molar-refractivity contribution in [2.75, 3.05) is 4.90 Å². The fraction of sp³-hybridized carbons (Fsp3) is 0.389. The summed E-state index contributed by atoms with van der Waals surface area (Å²) >= 11 is 0. The van der Waals surface area contributed by atoms with Crippen LogP contribution < -0.4 is 4.90 Å². The van der Waals surface area contributed by atoms with Gasteiger partial charge in [0.2, 0.25) is 0 Å². The van der Waals surface area contributed by atoms with Crippen molar-refractivity contribution in [2.45, 2.75) is 46.1 Å². The summed E-state index contributed by atoms with van der Waals surface area (Å²) in [5, 5.41) is 0. The van der Waals surface area contributed by atoms with Gasteiger partial charge in [0.1, 0.15) is 5.76 Å². The number of hydrogen-bond acceptors (Lipinski definition) is 2. The molecule has 3 rings (SSSR count). The van der Waals surface area contributed by atoms with Gasteiger partial charge in [-0.15, -0.1) is 0 Å². The molecule has 0 N–H and O–H groups in total. The first-order chi connectivity index (χ1) is 10.0. The average Bonchev–Trinajstić information content (AvgIpc) is 2.86. The zero-order valence-corrected chi connectivity index (χ0v) is 13.0. The normalized spacial score (nSPS) is 21.2. The van der Waals surface area contributed by atoms with E-state index in [0.29, 0.717) is 17.2 Å². The summed E-state index contributed by atoms with van der Waals surface area (Å²) in [5.41, 5.74) is 4.16. The second-order valence-corrected chi connectivity index (χ2v) is 6.06. The number of hydrogen-bond donors (Lipinski definition) is 0. The molecule has 0 fully saturated rings. The summed E-state index contributed by atoms with van der Waals surface area (Å²) in [4.78, 5) is 14.9. The Hall–Kier alpha value is -2.03. The van der Waals surface area contributed by atoms with E-state index in [-0.39, 0.29) is 11.9 Å². The highest BCUT2D eigenvalue weighted by molar-refractivity contribution is 6.08. The number of furan rings is 1. The van der Waals surface area contributed by atoms with Gasteiger partial charge in [-0.25, -0.2) is 0 Å². The standard InChI is InChI=1S/C18H21NO2/c1-11-6-5-7-15-12(2)10-13(3)19(17(11)15)18(20)16-8-9-21-14(16)4/h5-9,12-13H,10H2,1-4H3. The van der Waals surface area contributed by atoms with Crippen LogP contribution in [0, 0.1) is 13.8 Å². The quantitative estimate of drug-likeness (QED) is 0.775. The Bertz CT molecular complexity index is 686. The number of benzene rings is 1. The molecular weight excluding hydrogens is 262 g/mol. The van der Waals surface area contributed by atoms with Crippen molar-refractivity contribution in [1.82, 2.24) is 0 Å². The molecular formula is C18H21NO2. The number of carbonyl (C=O) groups is 1.